The van der Waals surface area contributed by atoms with E-state index in [1.54, 1.807) is 0 Å². The van der Waals surface area contributed by atoms with Gasteiger partial charge in [-0.1, -0.05) is 43.4 Å². The average Bonchev–Trinajstić information content (AvgIpc) is 2.46. The van der Waals surface area contributed by atoms with Gasteiger partial charge in [0.2, 0.25) is 0 Å². The molecule has 2 amide bonds. The summed E-state index contributed by atoms with van der Waals surface area (Å²) in [6, 6.07) is 7.66. The van der Waals surface area contributed by atoms with Crippen molar-refractivity contribution >= 4 is 23.2 Å². The number of likely N-dealkylation sites (tertiary alicyclic amines) is 1. The lowest BCUT2D eigenvalue weighted by atomic mass is 10.00. The van der Waals surface area contributed by atoms with Crippen LogP contribution in [0.1, 0.15) is 30.9 Å². The van der Waals surface area contributed by atoms with Crippen LogP contribution in [0.3, 0.4) is 0 Å². The maximum absolute atomic E-state index is 12.0. The number of piperidine rings is 1. The summed E-state index contributed by atoms with van der Waals surface area (Å²) in [6.07, 6.45) is 2.19. The van der Waals surface area contributed by atoms with Crippen LogP contribution in [0.5, 0.6) is 0 Å². The first-order valence-electron chi connectivity index (χ1n) is 6.98. The highest BCUT2D eigenvalue weighted by atomic mass is 32.1. The first kappa shape index (κ1) is 14.8. The maximum Gasteiger partial charge on any atom is 0.317 e. The van der Waals surface area contributed by atoms with Gasteiger partial charge in [0.25, 0.3) is 0 Å². The van der Waals surface area contributed by atoms with Crippen LogP contribution >= 0.6 is 12.2 Å². The highest BCUT2D eigenvalue weighted by Gasteiger charge is 2.19. The fourth-order valence-electron chi connectivity index (χ4n) is 2.29. The van der Waals surface area contributed by atoms with Crippen molar-refractivity contribution in [1.29, 1.82) is 0 Å². The van der Waals surface area contributed by atoms with Gasteiger partial charge >= 0.3 is 6.03 Å². The highest BCUT2D eigenvalue weighted by Crippen LogP contribution is 2.15. The normalized spacial score (nSPS) is 15.9. The van der Waals surface area contributed by atoms with Crippen molar-refractivity contribution in [3.8, 4) is 0 Å². The molecule has 0 spiro atoms. The smallest absolute Gasteiger partial charge is 0.317 e. The number of carbonyl (C=O) groups excluding carboxylic acids is 1. The van der Waals surface area contributed by atoms with E-state index in [4.69, 9.17) is 18.0 Å². The summed E-state index contributed by atoms with van der Waals surface area (Å²) in [6.45, 7) is 4.47. The molecule has 1 heterocycles. The largest absolute Gasteiger partial charge is 0.389 e. The summed E-state index contributed by atoms with van der Waals surface area (Å²) in [7, 11) is 0. The molecule has 1 aliphatic heterocycles. The summed E-state index contributed by atoms with van der Waals surface area (Å²) in [5, 5.41) is 2.96. The second kappa shape index (κ2) is 6.70. The minimum Gasteiger partial charge on any atom is -0.389 e. The van der Waals surface area contributed by atoms with Crippen LogP contribution in [0.25, 0.3) is 0 Å². The minimum atomic E-state index is 0.0234. The Bertz CT molecular complexity index is 478. The number of benzene rings is 1. The number of urea groups is 1. The molecule has 1 saturated heterocycles. The number of nitrogens with two attached hydrogens (primary N) is 1. The SMILES string of the molecule is CC1CCN(C(=O)NCc2ccc(C(N)=S)cc2)CC1. The minimum absolute atomic E-state index is 0.0234. The molecule has 20 heavy (non-hydrogen) atoms. The van der Waals surface area contributed by atoms with Crippen LogP contribution < -0.4 is 11.1 Å². The molecular formula is C15H21N3OS. The molecule has 0 aromatic heterocycles. The molecule has 1 aromatic carbocycles. The predicted molar refractivity (Wildman–Crippen MR) is 84.5 cm³/mol. The number of hydrogen-bond donors (Lipinski definition) is 2. The summed E-state index contributed by atoms with van der Waals surface area (Å²) < 4.78 is 0. The first-order chi connectivity index (χ1) is 9.56. The Hall–Kier alpha value is -1.62. The Balaban J connectivity index is 1.82. The molecule has 0 saturated carbocycles. The number of nitrogens with one attached hydrogen (secondary N) is 1. The van der Waals surface area contributed by atoms with E-state index in [1.165, 1.54) is 0 Å². The van der Waals surface area contributed by atoms with Crippen molar-refractivity contribution < 1.29 is 4.79 Å². The Labute approximate surface area is 125 Å². The van der Waals surface area contributed by atoms with Crippen LogP contribution in [0, 0.1) is 5.92 Å². The number of rotatable bonds is 3. The van der Waals surface area contributed by atoms with Gasteiger partial charge in [-0.05, 0) is 24.3 Å². The lowest BCUT2D eigenvalue weighted by molar-refractivity contribution is 0.173. The van der Waals surface area contributed by atoms with E-state index in [0.29, 0.717) is 11.5 Å². The summed E-state index contributed by atoms with van der Waals surface area (Å²) in [5.74, 6) is 0.728. The zero-order valence-electron chi connectivity index (χ0n) is 11.8. The van der Waals surface area contributed by atoms with Gasteiger partial charge in [0.05, 0.1) is 0 Å². The van der Waals surface area contributed by atoms with E-state index in [0.717, 1.165) is 43.0 Å². The van der Waals surface area contributed by atoms with Gasteiger partial charge < -0.3 is 16.0 Å². The van der Waals surface area contributed by atoms with Crippen molar-refractivity contribution in [2.45, 2.75) is 26.3 Å². The van der Waals surface area contributed by atoms with E-state index >= 15 is 0 Å². The molecular weight excluding hydrogens is 270 g/mol. The van der Waals surface area contributed by atoms with Crippen molar-refractivity contribution in [2.75, 3.05) is 13.1 Å². The Kier molecular flexibility index (Phi) is 4.95. The van der Waals surface area contributed by atoms with E-state index < -0.39 is 0 Å². The van der Waals surface area contributed by atoms with Gasteiger partial charge in [0.15, 0.2) is 0 Å². The van der Waals surface area contributed by atoms with Crippen LogP contribution in [-0.4, -0.2) is 29.0 Å². The number of thiocarbonyl (C=S) groups is 1. The third-order valence-corrected chi connectivity index (χ3v) is 3.99. The molecule has 4 nitrogen and oxygen atoms in total. The molecule has 2 rings (SSSR count). The van der Waals surface area contributed by atoms with E-state index in [-0.39, 0.29) is 6.03 Å². The topological polar surface area (TPSA) is 58.4 Å². The van der Waals surface area contributed by atoms with Crippen LogP contribution in [0.4, 0.5) is 4.79 Å². The number of hydrogen-bond acceptors (Lipinski definition) is 2. The number of nitrogens with zero attached hydrogens (tertiary/aromatic N) is 1. The molecule has 0 radical (unpaired) electrons. The van der Waals surface area contributed by atoms with Gasteiger partial charge in [0.1, 0.15) is 4.99 Å². The summed E-state index contributed by atoms with van der Waals surface area (Å²) in [5.41, 5.74) is 7.44. The van der Waals surface area contributed by atoms with Gasteiger partial charge in [0, 0.05) is 25.2 Å². The quantitative estimate of drug-likeness (QED) is 0.840. The third kappa shape index (κ3) is 3.93. The standard InChI is InChI=1S/C15H21N3OS/c1-11-6-8-18(9-7-11)15(19)17-10-12-2-4-13(5-3-12)14(16)20/h2-5,11H,6-10H2,1H3,(H2,16,20)(H,17,19). The second-order valence-corrected chi connectivity index (χ2v) is 5.83. The van der Waals surface area contributed by atoms with Crippen LogP contribution in [0.2, 0.25) is 0 Å². The molecule has 108 valence electrons. The molecule has 3 N–H and O–H groups in total. The molecule has 0 bridgehead atoms. The number of carbonyl (C=O) groups is 1. The van der Waals surface area contributed by atoms with Crippen LogP contribution in [-0.2, 0) is 6.54 Å². The molecule has 1 fully saturated rings. The predicted octanol–water partition coefficient (Wildman–Crippen LogP) is 2.26. The highest BCUT2D eigenvalue weighted by molar-refractivity contribution is 7.80. The molecule has 1 aliphatic rings. The van der Waals surface area contributed by atoms with E-state index in [1.807, 2.05) is 29.2 Å². The zero-order chi connectivity index (χ0) is 14.5. The lowest BCUT2D eigenvalue weighted by Gasteiger charge is -2.30. The van der Waals surface area contributed by atoms with Crippen molar-refractivity contribution in [2.24, 2.45) is 11.7 Å². The van der Waals surface area contributed by atoms with E-state index in [9.17, 15) is 4.79 Å². The Morgan fingerprint density at radius 1 is 1.35 bits per heavy atom. The fourth-order valence-corrected chi connectivity index (χ4v) is 2.42. The van der Waals surface area contributed by atoms with Crippen molar-refractivity contribution in [1.82, 2.24) is 10.2 Å². The Morgan fingerprint density at radius 2 is 1.95 bits per heavy atom. The summed E-state index contributed by atoms with van der Waals surface area (Å²) >= 11 is 4.91. The molecule has 0 atom stereocenters. The third-order valence-electron chi connectivity index (χ3n) is 3.75. The first-order valence-corrected chi connectivity index (χ1v) is 7.38. The van der Waals surface area contributed by atoms with Gasteiger partial charge in [-0.25, -0.2) is 4.79 Å². The van der Waals surface area contributed by atoms with Gasteiger partial charge in [-0.15, -0.1) is 0 Å². The lowest BCUT2D eigenvalue weighted by Crippen LogP contribution is -2.43. The van der Waals surface area contributed by atoms with Crippen molar-refractivity contribution in [3.63, 3.8) is 0 Å². The number of amides is 2. The summed E-state index contributed by atoms with van der Waals surface area (Å²) in [4.78, 5) is 14.3. The van der Waals surface area contributed by atoms with E-state index in [2.05, 4.69) is 12.2 Å². The molecule has 1 aromatic rings. The van der Waals surface area contributed by atoms with Crippen LogP contribution in [0.15, 0.2) is 24.3 Å². The molecule has 0 unspecified atom stereocenters. The molecule has 0 aliphatic carbocycles. The van der Waals surface area contributed by atoms with Gasteiger partial charge in [-0.2, -0.15) is 0 Å². The molecule has 5 heteroatoms. The van der Waals surface area contributed by atoms with Gasteiger partial charge in [-0.3, -0.25) is 0 Å². The zero-order valence-corrected chi connectivity index (χ0v) is 12.6. The second-order valence-electron chi connectivity index (χ2n) is 5.39. The maximum atomic E-state index is 12.0. The van der Waals surface area contributed by atoms with Crippen molar-refractivity contribution in [3.05, 3.63) is 35.4 Å². The Morgan fingerprint density at radius 3 is 2.50 bits per heavy atom. The average molecular weight is 291 g/mol. The fraction of sp³-hybridized carbons (Fsp3) is 0.467. The monoisotopic (exact) mass is 291 g/mol.